The number of fused-ring (bicyclic) bond motifs is 1. The van der Waals surface area contributed by atoms with Gasteiger partial charge in [-0.1, -0.05) is 41.9 Å². The SMILES string of the molecule is OCCN1CCN(c2ncnc3c2c(-c2ccccc2)cn3-c2ccc(Cl)cc2)CC1. The Labute approximate surface area is 186 Å². The Bertz CT molecular complexity index is 1170. The zero-order valence-corrected chi connectivity index (χ0v) is 17.9. The van der Waals surface area contributed by atoms with Crippen molar-refractivity contribution in [2.75, 3.05) is 44.2 Å². The molecule has 0 radical (unpaired) electrons. The topological polar surface area (TPSA) is 57.4 Å². The van der Waals surface area contributed by atoms with Crippen LogP contribution >= 0.6 is 11.6 Å². The van der Waals surface area contributed by atoms with Gasteiger partial charge in [0.15, 0.2) is 5.65 Å². The standard InChI is InChI=1S/C24H24ClN5O/c25-19-6-8-20(9-7-19)30-16-21(18-4-2-1-3-5-18)22-23(26-17-27-24(22)30)29-12-10-28(11-13-29)14-15-31/h1-9,16-17,31H,10-15H2. The maximum absolute atomic E-state index is 9.25. The summed E-state index contributed by atoms with van der Waals surface area (Å²) in [7, 11) is 0. The van der Waals surface area contributed by atoms with Gasteiger partial charge in [-0.25, -0.2) is 9.97 Å². The van der Waals surface area contributed by atoms with Crippen LogP contribution in [-0.2, 0) is 0 Å². The van der Waals surface area contributed by atoms with Crippen LogP contribution in [0.25, 0.3) is 27.8 Å². The van der Waals surface area contributed by atoms with E-state index in [0.717, 1.165) is 66.4 Å². The van der Waals surface area contributed by atoms with Crippen molar-refractivity contribution in [3.05, 3.63) is 72.1 Å². The average Bonchev–Trinajstić information content (AvgIpc) is 3.21. The molecule has 7 heteroatoms. The fourth-order valence-electron chi connectivity index (χ4n) is 4.25. The minimum Gasteiger partial charge on any atom is -0.395 e. The van der Waals surface area contributed by atoms with E-state index in [0.29, 0.717) is 5.02 Å². The molecular formula is C24H24ClN5O. The predicted molar refractivity (Wildman–Crippen MR) is 125 cm³/mol. The number of hydrogen-bond acceptors (Lipinski definition) is 5. The molecule has 0 aliphatic carbocycles. The van der Waals surface area contributed by atoms with Crippen molar-refractivity contribution in [2.45, 2.75) is 0 Å². The van der Waals surface area contributed by atoms with Crippen LogP contribution in [0.2, 0.25) is 5.02 Å². The number of benzene rings is 2. The van der Waals surface area contributed by atoms with Crippen molar-refractivity contribution in [3.8, 4) is 16.8 Å². The summed E-state index contributed by atoms with van der Waals surface area (Å²) in [5.41, 5.74) is 4.13. The number of anilines is 1. The number of nitrogens with zero attached hydrogens (tertiary/aromatic N) is 5. The van der Waals surface area contributed by atoms with E-state index in [2.05, 4.69) is 49.8 Å². The van der Waals surface area contributed by atoms with E-state index in [-0.39, 0.29) is 6.61 Å². The quantitative estimate of drug-likeness (QED) is 0.518. The minimum atomic E-state index is 0.194. The van der Waals surface area contributed by atoms with Gasteiger partial charge < -0.3 is 14.6 Å². The second-order valence-electron chi connectivity index (χ2n) is 7.70. The highest BCUT2D eigenvalue weighted by molar-refractivity contribution is 6.30. The predicted octanol–water partition coefficient (Wildman–Crippen LogP) is 3.86. The van der Waals surface area contributed by atoms with Gasteiger partial charge in [-0.05, 0) is 29.8 Å². The van der Waals surface area contributed by atoms with Gasteiger partial charge in [0.05, 0.1) is 12.0 Å². The lowest BCUT2D eigenvalue weighted by Gasteiger charge is -2.35. The number of aromatic nitrogens is 3. The Kier molecular flexibility index (Phi) is 5.59. The molecule has 3 heterocycles. The lowest BCUT2D eigenvalue weighted by molar-refractivity contribution is 0.188. The van der Waals surface area contributed by atoms with Gasteiger partial charge in [0, 0.05) is 55.2 Å². The summed E-state index contributed by atoms with van der Waals surface area (Å²) in [4.78, 5) is 14.0. The molecule has 0 amide bonds. The zero-order valence-electron chi connectivity index (χ0n) is 17.2. The van der Waals surface area contributed by atoms with Crippen LogP contribution in [0.5, 0.6) is 0 Å². The van der Waals surface area contributed by atoms with Crippen LogP contribution in [0.15, 0.2) is 67.1 Å². The lowest BCUT2D eigenvalue weighted by Crippen LogP contribution is -2.47. The molecule has 0 unspecified atom stereocenters. The molecule has 0 atom stereocenters. The first-order valence-electron chi connectivity index (χ1n) is 10.5. The number of rotatable bonds is 5. The molecular weight excluding hydrogens is 410 g/mol. The Morgan fingerprint density at radius 2 is 1.65 bits per heavy atom. The van der Waals surface area contributed by atoms with Crippen LogP contribution in [0.3, 0.4) is 0 Å². The summed E-state index contributed by atoms with van der Waals surface area (Å²) in [6.45, 7) is 4.46. The molecule has 31 heavy (non-hydrogen) atoms. The molecule has 1 aliphatic heterocycles. The van der Waals surface area contributed by atoms with Gasteiger partial charge in [-0.2, -0.15) is 0 Å². The van der Waals surface area contributed by atoms with Gasteiger partial charge in [-0.15, -0.1) is 0 Å². The smallest absolute Gasteiger partial charge is 0.150 e. The second kappa shape index (κ2) is 8.67. The van der Waals surface area contributed by atoms with Gasteiger partial charge in [-0.3, -0.25) is 4.90 Å². The number of hydrogen-bond donors (Lipinski definition) is 1. The molecule has 1 N–H and O–H groups in total. The van der Waals surface area contributed by atoms with Crippen molar-refractivity contribution in [3.63, 3.8) is 0 Å². The van der Waals surface area contributed by atoms with Crippen LogP contribution in [0, 0.1) is 0 Å². The normalized spacial score (nSPS) is 15.0. The van der Waals surface area contributed by atoms with Crippen LogP contribution in [0.1, 0.15) is 0 Å². The molecule has 1 saturated heterocycles. The molecule has 2 aromatic heterocycles. The Morgan fingerprint density at radius 1 is 0.903 bits per heavy atom. The molecule has 5 rings (SSSR count). The van der Waals surface area contributed by atoms with Gasteiger partial charge in [0.2, 0.25) is 0 Å². The summed E-state index contributed by atoms with van der Waals surface area (Å²) in [6.07, 6.45) is 3.79. The average molecular weight is 434 g/mol. The van der Waals surface area contributed by atoms with Crippen LogP contribution in [0.4, 0.5) is 5.82 Å². The highest BCUT2D eigenvalue weighted by Gasteiger charge is 2.23. The fraction of sp³-hybridized carbons (Fsp3) is 0.250. The third kappa shape index (κ3) is 3.90. The molecule has 0 bridgehead atoms. The van der Waals surface area contributed by atoms with E-state index in [4.69, 9.17) is 16.6 Å². The summed E-state index contributed by atoms with van der Waals surface area (Å²) < 4.78 is 2.11. The van der Waals surface area contributed by atoms with E-state index in [9.17, 15) is 5.11 Å². The largest absolute Gasteiger partial charge is 0.395 e. The first-order valence-corrected chi connectivity index (χ1v) is 10.9. The summed E-state index contributed by atoms with van der Waals surface area (Å²) in [5, 5.41) is 11.0. The third-order valence-electron chi connectivity index (χ3n) is 5.84. The van der Waals surface area contributed by atoms with E-state index in [1.54, 1.807) is 6.33 Å². The number of β-amino-alcohol motifs (C(OH)–C–C–N with tert-alkyl or cyclic N) is 1. The Hall–Kier alpha value is -2.93. The van der Waals surface area contributed by atoms with E-state index in [1.807, 2.05) is 30.3 Å². The third-order valence-corrected chi connectivity index (χ3v) is 6.09. The number of aliphatic hydroxyl groups is 1. The maximum Gasteiger partial charge on any atom is 0.150 e. The van der Waals surface area contributed by atoms with Crippen molar-refractivity contribution in [2.24, 2.45) is 0 Å². The first-order chi connectivity index (χ1) is 15.2. The molecule has 158 valence electrons. The lowest BCUT2D eigenvalue weighted by atomic mass is 10.1. The van der Waals surface area contributed by atoms with Gasteiger partial charge in [0.1, 0.15) is 12.1 Å². The zero-order chi connectivity index (χ0) is 21.2. The van der Waals surface area contributed by atoms with E-state index >= 15 is 0 Å². The number of halogens is 1. The van der Waals surface area contributed by atoms with Crippen LogP contribution in [-0.4, -0.2) is 63.9 Å². The highest BCUT2D eigenvalue weighted by atomic mass is 35.5. The second-order valence-corrected chi connectivity index (χ2v) is 8.14. The van der Waals surface area contributed by atoms with Crippen molar-refractivity contribution in [1.29, 1.82) is 0 Å². The van der Waals surface area contributed by atoms with Gasteiger partial charge >= 0.3 is 0 Å². The molecule has 1 aliphatic rings. The Morgan fingerprint density at radius 3 is 2.35 bits per heavy atom. The number of aliphatic hydroxyl groups excluding tert-OH is 1. The first kappa shape index (κ1) is 20.0. The molecule has 1 fully saturated rings. The summed E-state index contributed by atoms with van der Waals surface area (Å²) in [6, 6.07) is 18.2. The number of piperazine rings is 1. The van der Waals surface area contributed by atoms with Gasteiger partial charge in [0.25, 0.3) is 0 Å². The molecule has 2 aromatic carbocycles. The van der Waals surface area contributed by atoms with Crippen molar-refractivity contribution in [1.82, 2.24) is 19.4 Å². The molecule has 6 nitrogen and oxygen atoms in total. The Balaban J connectivity index is 1.65. The fourth-order valence-corrected chi connectivity index (χ4v) is 4.37. The summed E-state index contributed by atoms with van der Waals surface area (Å²) in [5.74, 6) is 0.959. The summed E-state index contributed by atoms with van der Waals surface area (Å²) >= 11 is 6.12. The van der Waals surface area contributed by atoms with Crippen molar-refractivity contribution < 1.29 is 5.11 Å². The van der Waals surface area contributed by atoms with Crippen molar-refractivity contribution >= 4 is 28.5 Å². The maximum atomic E-state index is 9.25. The molecule has 0 saturated carbocycles. The minimum absolute atomic E-state index is 0.194. The van der Waals surface area contributed by atoms with E-state index < -0.39 is 0 Å². The highest BCUT2D eigenvalue weighted by Crippen LogP contribution is 2.37. The van der Waals surface area contributed by atoms with Crippen LogP contribution < -0.4 is 4.90 Å². The van der Waals surface area contributed by atoms with E-state index in [1.165, 1.54) is 0 Å². The molecule has 4 aromatic rings. The molecule has 0 spiro atoms. The monoisotopic (exact) mass is 433 g/mol.